The molecule has 1 aromatic heterocycles. The van der Waals surface area contributed by atoms with E-state index in [1.54, 1.807) is 4.68 Å². The molecule has 9 heteroatoms. The zero-order valence-corrected chi connectivity index (χ0v) is 19.3. The van der Waals surface area contributed by atoms with E-state index in [-0.39, 0.29) is 30.1 Å². The normalized spacial score (nSPS) is 17.2. The van der Waals surface area contributed by atoms with Crippen LogP contribution in [0.25, 0.3) is 0 Å². The fraction of sp³-hybridized carbons (Fsp3) is 0.474. The smallest absolute Gasteiger partial charge is 0.194 e. The first-order chi connectivity index (χ1) is 13.2. The first-order valence-corrected chi connectivity index (χ1v) is 9.56. The Morgan fingerprint density at radius 1 is 1.43 bits per heavy atom. The van der Waals surface area contributed by atoms with Gasteiger partial charge in [-0.05, 0) is 19.1 Å². The van der Waals surface area contributed by atoms with Gasteiger partial charge in [0.15, 0.2) is 5.96 Å². The summed E-state index contributed by atoms with van der Waals surface area (Å²) in [6, 6.07) is 7.46. The lowest BCUT2D eigenvalue weighted by Gasteiger charge is -2.34. The van der Waals surface area contributed by atoms with Crippen molar-refractivity contribution in [3.05, 3.63) is 47.2 Å². The van der Waals surface area contributed by atoms with Gasteiger partial charge in [0, 0.05) is 31.9 Å². The first kappa shape index (κ1) is 22.8. The molecule has 1 unspecified atom stereocenters. The Bertz CT molecular complexity index is 770. The van der Waals surface area contributed by atoms with E-state index in [0.29, 0.717) is 30.5 Å². The molecule has 1 aliphatic heterocycles. The highest BCUT2D eigenvalue weighted by Crippen LogP contribution is 2.23. The van der Waals surface area contributed by atoms with Gasteiger partial charge in [0.2, 0.25) is 0 Å². The second-order valence-corrected chi connectivity index (χ2v) is 6.67. The number of guanidine groups is 1. The van der Waals surface area contributed by atoms with E-state index < -0.39 is 0 Å². The molecule has 7 nitrogen and oxygen atoms in total. The first-order valence-electron chi connectivity index (χ1n) is 9.18. The number of nitrogens with zero attached hydrogens (tertiary/aromatic N) is 4. The van der Waals surface area contributed by atoms with Gasteiger partial charge in [0.05, 0.1) is 30.9 Å². The molecule has 0 radical (unpaired) electrons. The minimum absolute atomic E-state index is 0. The molecule has 3 rings (SSSR count). The maximum atomic E-state index is 6.11. The van der Waals surface area contributed by atoms with E-state index >= 15 is 0 Å². The Kier molecular flexibility index (Phi) is 9.33. The van der Waals surface area contributed by atoms with Crippen LogP contribution < -0.4 is 10.1 Å². The second kappa shape index (κ2) is 11.5. The van der Waals surface area contributed by atoms with Gasteiger partial charge < -0.3 is 19.7 Å². The molecule has 154 valence electrons. The van der Waals surface area contributed by atoms with Crippen molar-refractivity contribution in [1.29, 1.82) is 0 Å². The van der Waals surface area contributed by atoms with Crippen molar-refractivity contribution in [2.24, 2.45) is 12.0 Å². The van der Waals surface area contributed by atoms with Crippen molar-refractivity contribution in [2.45, 2.75) is 13.0 Å². The number of rotatable bonds is 6. The molecule has 2 aromatic rings. The zero-order valence-electron chi connectivity index (χ0n) is 16.2. The van der Waals surface area contributed by atoms with Crippen LogP contribution in [0.4, 0.5) is 0 Å². The molecule has 1 fully saturated rings. The number of hydrogen-bond donors (Lipinski definition) is 1. The van der Waals surface area contributed by atoms with E-state index in [4.69, 9.17) is 26.1 Å². The van der Waals surface area contributed by atoms with Gasteiger partial charge in [0.25, 0.3) is 0 Å². The summed E-state index contributed by atoms with van der Waals surface area (Å²) < 4.78 is 13.4. The minimum Gasteiger partial charge on any atom is -0.490 e. The maximum Gasteiger partial charge on any atom is 0.194 e. The lowest BCUT2D eigenvalue weighted by molar-refractivity contribution is -0.00805. The van der Waals surface area contributed by atoms with Crippen LogP contribution in [0.2, 0.25) is 5.02 Å². The number of ether oxygens (including phenoxy) is 2. The van der Waals surface area contributed by atoms with Crippen LogP contribution in [0.15, 0.2) is 41.7 Å². The van der Waals surface area contributed by atoms with Crippen LogP contribution >= 0.6 is 35.6 Å². The molecule has 0 bridgehead atoms. The SMILES string of the molecule is CCNC(=NCCOc1ccccc1Cl)N1CCOC(c2cnn(C)c2)C1.I. The van der Waals surface area contributed by atoms with E-state index in [1.807, 2.05) is 43.7 Å². The molecule has 1 saturated heterocycles. The Morgan fingerprint density at radius 2 is 2.25 bits per heavy atom. The van der Waals surface area contributed by atoms with Crippen molar-refractivity contribution in [1.82, 2.24) is 20.0 Å². The molecule has 0 spiro atoms. The van der Waals surface area contributed by atoms with E-state index in [2.05, 4.69) is 22.2 Å². The summed E-state index contributed by atoms with van der Waals surface area (Å²) in [4.78, 5) is 6.92. The fourth-order valence-corrected chi connectivity index (χ4v) is 3.13. The van der Waals surface area contributed by atoms with Crippen LogP contribution in [-0.2, 0) is 11.8 Å². The van der Waals surface area contributed by atoms with Gasteiger partial charge in [0.1, 0.15) is 18.5 Å². The number of aromatic nitrogens is 2. The lowest BCUT2D eigenvalue weighted by atomic mass is 10.1. The third kappa shape index (κ3) is 6.25. The number of aliphatic imine (C=N–C) groups is 1. The number of benzene rings is 1. The summed E-state index contributed by atoms with van der Waals surface area (Å²) >= 11 is 6.11. The Hall–Kier alpha value is -1.52. The zero-order chi connectivity index (χ0) is 19.1. The predicted octanol–water partition coefficient (Wildman–Crippen LogP) is 3.11. The number of nitrogens with one attached hydrogen (secondary N) is 1. The van der Waals surface area contributed by atoms with Crippen LogP contribution in [0.3, 0.4) is 0 Å². The lowest BCUT2D eigenvalue weighted by Crippen LogP contribution is -2.48. The molecule has 1 aromatic carbocycles. The summed E-state index contributed by atoms with van der Waals surface area (Å²) in [6.07, 6.45) is 3.85. The molecule has 0 saturated carbocycles. The Morgan fingerprint density at radius 3 is 2.96 bits per heavy atom. The van der Waals surface area contributed by atoms with Gasteiger partial charge in [-0.3, -0.25) is 4.68 Å². The molecule has 1 N–H and O–H groups in total. The van der Waals surface area contributed by atoms with Gasteiger partial charge in [-0.2, -0.15) is 5.10 Å². The maximum absolute atomic E-state index is 6.11. The number of hydrogen-bond acceptors (Lipinski definition) is 4. The topological polar surface area (TPSA) is 63.9 Å². The van der Waals surface area contributed by atoms with E-state index in [1.165, 1.54) is 0 Å². The molecule has 2 heterocycles. The molecule has 28 heavy (non-hydrogen) atoms. The Labute approximate surface area is 188 Å². The van der Waals surface area contributed by atoms with Crippen molar-refractivity contribution in [2.75, 3.05) is 39.4 Å². The summed E-state index contributed by atoms with van der Waals surface area (Å²) in [5.74, 6) is 1.56. The van der Waals surface area contributed by atoms with Crippen LogP contribution in [0.1, 0.15) is 18.6 Å². The molecule has 1 atom stereocenters. The standard InChI is InChI=1S/C19H26ClN5O2.HI/c1-3-21-19(22-8-10-26-17-7-5-4-6-16(17)20)25-9-11-27-18(14-25)15-12-23-24(2)13-15;/h4-7,12-13,18H,3,8-11,14H2,1-2H3,(H,21,22);1H. The van der Waals surface area contributed by atoms with Crippen molar-refractivity contribution in [3.8, 4) is 5.75 Å². The third-order valence-electron chi connectivity index (χ3n) is 4.24. The Balaban J connectivity index is 0.00000280. The highest BCUT2D eigenvalue weighted by atomic mass is 127. The number of halogens is 2. The minimum atomic E-state index is -0.00400. The summed E-state index contributed by atoms with van der Waals surface area (Å²) in [5.41, 5.74) is 1.08. The van der Waals surface area contributed by atoms with Gasteiger partial charge in [-0.25, -0.2) is 4.99 Å². The number of morpholine rings is 1. The van der Waals surface area contributed by atoms with E-state index in [9.17, 15) is 0 Å². The summed E-state index contributed by atoms with van der Waals surface area (Å²) in [5, 5.41) is 8.21. The van der Waals surface area contributed by atoms with E-state index in [0.717, 1.165) is 31.2 Å². The highest BCUT2D eigenvalue weighted by Gasteiger charge is 2.25. The quantitative estimate of drug-likeness (QED) is 0.275. The van der Waals surface area contributed by atoms with Crippen molar-refractivity contribution < 1.29 is 9.47 Å². The predicted molar refractivity (Wildman–Crippen MR) is 122 cm³/mol. The van der Waals surface area contributed by atoms with Gasteiger partial charge >= 0.3 is 0 Å². The monoisotopic (exact) mass is 519 g/mol. The van der Waals surface area contributed by atoms with Crippen LogP contribution in [0, 0.1) is 0 Å². The van der Waals surface area contributed by atoms with Crippen molar-refractivity contribution in [3.63, 3.8) is 0 Å². The van der Waals surface area contributed by atoms with Crippen LogP contribution in [0.5, 0.6) is 5.75 Å². The fourth-order valence-electron chi connectivity index (χ4n) is 2.94. The summed E-state index contributed by atoms with van der Waals surface area (Å²) in [6.45, 7) is 6.07. The molecular formula is C19H27ClIN5O2. The largest absolute Gasteiger partial charge is 0.490 e. The molecular weight excluding hydrogens is 493 g/mol. The average molecular weight is 520 g/mol. The van der Waals surface area contributed by atoms with Crippen molar-refractivity contribution >= 4 is 41.5 Å². The number of para-hydroxylation sites is 1. The average Bonchev–Trinajstić information content (AvgIpc) is 3.12. The molecule has 0 aliphatic carbocycles. The molecule has 1 aliphatic rings. The third-order valence-corrected chi connectivity index (χ3v) is 4.56. The van der Waals surface area contributed by atoms with Crippen LogP contribution in [-0.4, -0.2) is 60.0 Å². The number of aryl methyl sites for hydroxylation is 1. The second-order valence-electron chi connectivity index (χ2n) is 6.27. The summed E-state index contributed by atoms with van der Waals surface area (Å²) in [7, 11) is 1.91. The van der Waals surface area contributed by atoms with Gasteiger partial charge in [-0.15, -0.1) is 24.0 Å². The highest BCUT2D eigenvalue weighted by molar-refractivity contribution is 14.0. The molecule has 0 amide bonds. The van der Waals surface area contributed by atoms with Gasteiger partial charge in [-0.1, -0.05) is 23.7 Å².